The Morgan fingerprint density at radius 3 is 2.26 bits per heavy atom. The fraction of sp³-hybridized carbons (Fsp3) is 0.222. The van der Waals surface area contributed by atoms with Crippen molar-refractivity contribution in [3.8, 4) is 0 Å². The number of aryl methyl sites for hydroxylation is 1. The Balaban J connectivity index is 1.69. The Labute approximate surface area is 138 Å². The molecule has 0 unspecified atom stereocenters. The van der Waals surface area contributed by atoms with Crippen LogP contribution in [0.5, 0.6) is 0 Å². The quantitative estimate of drug-likeness (QED) is 0.852. The van der Waals surface area contributed by atoms with Crippen molar-refractivity contribution in [3.63, 3.8) is 0 Å². The number of halogens is 1. The molecule has 3 rings (SSSR count). The highest BCUT2D eigenvalue weighted by Gasteiger charge is 2.39. The highest BCUT2D eigenvalue weighted by atomic mass is 32.2. The molecule has 0 N–H and O–H groups in total. The summed E-state index contributed by atoms with van der Waals surface area (Å²) in [5.74, 6) is -0.485. The Hall–Kier alpha value is -2.14. The number of amides is 2. The molecule has 118 valence electrons. The standard InChI is InChI=1S/C18H16FNO2S/c1-12-2-4-14(5-3-12)11-20-17(21)16(23-18(20)22)10-13-6-8-15(19)9-7-13/h2-9,16H,10-11H2,1H3/t16-/m0/s1. The first-order valence-electron chi connectivity index (χ1n) is 7.35. The van der Waals surface area contributed by atoms with Gasteiger partial charge in [-0.05, 0) is 36.6 Å². The van der Waals surface area contributed by atoms with Gasteiger partial charge in [-0.2, -0.15) is 0 Å². The van der Waals surface area contributed by atoms with Crippen LogP contribution in [0.25, 0.3) is 0 Å². The zero-order chi connectivity index (χ0) is 16.4. The van der Waals surface area contributed by atoms with Crippen LogP contribution >= 0.6 is 11.8 Å². The molecule has 0 aliphatic carbocycles. The van der Waals surface area contributed by atoms with Crippen molar-refractivity contribution in [1.29, 1.82) is 0 Å². The van der Waals surface area contributed by atoms with E-state index in [0.717, 1.165) is 28.5 Å². The molecule has 0 radical (unpaired) electrons. The van der Waals surface area contributed by atoms with E-state index >= 15 is 0 Å². The molecule has 1 saturated heterocycles. The summed E-state index contributed by atoms with van der Waals surface area (Å²) in [6, 6.07) is 13.8. The lowest BCUT2D eigenvalue weighted by atomic mass is 10.1. The first kappa shape index (κ1) is 15.7. The van der Waals surface area contributed by atoms with Crippen LogP contribution in [0.4, 0.5) is 9.18 Å². The van der Waals surface area contributed by atoms with Crippen LogP contribution in [0.2, 0.25) is 0 Å². The lowest BCUT2D eigenvalue weighted by Gasteiger charge is -2.14. The highest BCUT2D eigenvalue weighted by Crippen LogP contribution is 2.30. The number of benzene rings is 2. The Kier molecular flexibility index (Phi) is 4.48. The summed E-state index contributed by atoms with van der Waals surface area (Å²) in [6.45, 7) is 2.29. The Morgan fingerprint density at radius 1 is 1.00 bits per heavy atom. The average Bonchev–Trinajstić information content (AvgIpc) is 2.79. The minimum atomic E-state index is -0.432. The lowest BCUT2D eigenvalue weighted by molar-refractivity contribution is -0.127. The van der Waals surface area contributed by atoms with Gasteiger partial charge >= 0.3 is 0 Å². The van der Waals surface area contributed by atoms with Gasteiger partial charge in [-0.15, -0.1) is 0 Å². The topological polar surface area (TPSA) is 37.4 Å². The average molecular weight is 329 g/mol. The van der Waals surface area contributed by atoms with E-state index in [1.807, 2.05) is 31.2 Å². The number of carbonyl (C=O) groups excluding carboxylic acids is 2. The number of imide groups is 1. The maximum absolute atomic E-state index is 12.9. The van der Waals surface area contributed by atoms with Gasteiger partial charge in [0.15, 0.2) is 0 Å². The van der Waals surface area contributed by atoms with E-state index in [0.29, 0.717) is 13.0 Å². The van der Waals surface area contributed by atoms with Crippen LogP contribution in [0.1, 0.15) is 16.7 Å². The van der Waals surface area contributed by atoms with E-state index in [1.165, 1.54) is 17.0 Å². The molecule has 23 heavy (non-hydrogen) atoms. The fourth-order valence-corrected chi connectivity index (χ4v) is 3.51. The van der Waals surface area contributed by atoms with Crippen molar-refractivity contribution < 1.29 is 14.0 Å². The smallest absolute Gasteiger partial charge is 0.273 e. The number of thioether (sulfide) groups is 1. The molecule has 2 amide bonds. The molecule has 2 aromatic rings. The van der Waals surface area contributed by atoms with Crippen molar-refractivity contribution in [1.82, 2.24) is 4.90 Å². The van der Waals surface area contributed by atoms with Gasteiger partial charge in [0.05, 0.1) is 11.8 Å². The summed E-state index contributed by atoms with van der Waals surface area (Å²) in [7, 11) is 0. The number of hydrogen-bond donors (Lipinski definition) is 0. The molecule has 1 fully saturated rings. The molecule has 1 aliphatic heterocycles. The monoisotopic (exact) mass is 329 g/mol. The maximum atomic E-state index is 12.9. The minimum Gasteiger partial charge on any atom is -0.273 e. The van der Waals surface area contributed by atoms with Crippen molar-refractivity contribution >= 4 is 22.9 Å². The molecule has 0 bridgehead atoms. The third-order valence-electron chi connectivity index (χ3n) is 3.80. The third kappa shape index (κ3) is 3.62. The highest BCUT2D eigenvalue weighted by molar-refractivity contribution is 8.15. The zero-order valence-electron chi connectivity index (χ0n) is 12.7. The van der Waals surface area contributed by atoms with Crippen LogP contribution in [0.3, 0.4) is 0 Å². The predicted molar refractivity (Wildman–Crippen MR) is 88.6 cm³/mol. The van der Waals surface area contributed by atoms with Gasteiger partial charge in [0.2, 0.25) is 5.91 Å². The van der Waals surface area contributed by atoms with Crippen molar-refractivity contribution in [3.05, 3.63) is 71.0 Å². The van der Waals surface area contributed by atoms with Crippen LogP contribution in [0, 0.1) is 12.7 Å². The molecule has 5 heteroatoms. The second kappa shape index (κ2) is 6.54. The van der Waals surface area contributed by atoms with Gasteiger partial charge in [-0.3, -0.25) is 14.5 Å². The first-order chi connectivity index (χ1) is 11.0. The van der Waals surface area contributed by atoms with Gasteiger partial charge in [0.25, 0.3) is 5.24 Å². The molecule has 1 aliphatic rings. The summed E-state index contributed by atoms with van der Waals surface area (Å²) < 4.78 is 12.9. The normalized spacial score (nSPS) is 17.8. The molecule has 1 atom stereocenters. The maximum Gasteiger partial charge on any atom is 0.289 e. The summed E-state index contributed by atoms with van der Waals surface area (Å²) in [5, 5.41) is -0.652. The van der Waals surface area contributed by atoms with E-state index in [-0.39, 0.29) is 17.0 Å². The molecule has 0 spiro atoms. The number of carbonyl (C=O) groups is 2. The fourth-order valence-electron chi connectivity index (χ4n) is 2.48. The second-order valence-corrected chi connectivity index (χ2v) is 6.77. The molecule has 0 aromatic heterocycles. The van der Waals surface area contributed by atoms with Crippen molar-refractivity contribution in [2.45, 2.75) is 25.1 Å². The van der Waals surface area contributed by atoms with E-state index in [1.54, 1.807) is 12.1 Å². The van der Waals surface area contributed by atoms with Crippen LogP contribution < -0.4 is 0 Å². The molecular formula is C18H16FNO2S. The van der Waals surface area contributed by atoms with Crippen LogP contribution in [-0.4, -0.2) is 21.3 Å². The van der Waals surface area contributed by atoms with Crippen LogP contribution in [0.15, 0.2) is 48.5 Å². The third-order valence-corrected chi connectivity index (χ3v) is 4.88. The van der Waals surface area contributed by atoms with Gasteiger partial charge in [-0.1, -0.05) is 53.7 Å². The first-order valence-corrected chi connectivity index (χ1v) is 8.23. The summed E-state index contributed by atoms with van der Waals surface area (Å²) in [5.41, 5.74) is 2.92. The van der Waals surface area contributed by atoms with E-state index < -0.39 is 5.25 Å². The Bertz CT molecular complexity index is 728. The molecule has 3 nitrogen and oxygen atoms in total. The minimum absolute atomic E-state index is 0.176. The molecular weight excluding hydrogens is 313 g/mol. The molecule has 0 saturated carbocycles. The van der Waals surface area contributed by atoms with Gasteiger partial charge < -0.3 is 0 Å². The van der Waals surface area contributed by atoms with Gasteiger partial charge in [0.1, 0.15) is 5.82 Å². The number of hydrogen-bond acceptors (Lipinski definition) is 3. The van der Waals surface area contributed by atoms with Gasteiger partial charge in [0, 0.05) is 0 Å². The summed E-state index contributed by atoms with van der Waals surface area (Å²) in [4.78, 5) is 25.9. The number of nitrogens with zero attached hydrogens (tertiary/aromatic N) is 1. The SMILES string of the molecule is Cc1ccc(CN2C(=O)S[C@@H](Cc3ccc(F)cc3)C2=O)cc1. The molecule has 1 heterocycles. The Morgan fingerprint density at radius 2 is 1.61 bits per heavy atom. The van der Waals surface area contributed by atoms with Gasteiger partial charge in [-0.25, -0.2) is 4.39 Å². The van der Waals surface area contributed by atoms with E-state index in [4.69, 9.17) is 0 Å². The second-order valence-electron chi connectivity index (χ2n) is 5.61. The number of rotatable bonds is 4. The summed E-state index contributed by atoms with van der Waals surface area (Å²) in [6.07, 6.45) is 0.430. The van der Waals surface area contributed by atoms with E-state index in [9.17, 15) is 14.0 Å². The largest absolute Gasteiger partial charge is 0.289 e. The summed E-state index contributed by atoms with van der Waals surface area (Å²) >= 11 is 1.05. The predicted octanol–water partition coefficient (Wildman–Crippen LogP) is 3.94. The van der Waals surface area contributed by atoms with Crippen LogP contribution in [-0.2, 0) is 17.8 Å². The molecule has 2 aromatic carbocycles. The van der Waals surface area contributed by atoms with Crippen molar-refractivity contribution in [2.75, 3.05) is 0 Å². The zero-order valence-corrected chi connectivity index (χ0v) is 13.5. The van der Waals surface area contributed by atoms with Crippen molar-refractivity contribution in [2.24, 2.45) is 0 Å². The van der Waals surface area contributed by atoms with E-state index in [2.05, 4.69) is 0 Å². The lowest BCUT2D eigenvalue weighted by Crippen LogP contribution is -2.31.